The minimum Gasteiger partial charge on any atom is -0.394 e. The van der Waals surface area contributed by atoms with Crippen LogP contribution in [0.5, 0.6) is 0 Å². The molecule has 4 rings (SSSR count). The minimum atomic E-state index is -0.387. The van der Waals surface area contributed by atoms with Gasteiger partial charge < -0.3 is 14.9 Å². The van der Waals surface area contributed by atoms with Gasteiger partial charge >= 0.3 is 0 Å². The molecular formula is C20H16F2N4O. The second kappa shape index (κ2) is 6.68. The molecular weight excluding hydrogens is 350 g/mol. The fraction of sp³-hybridized carbons (Fsp3) is 0.100. The van der Waals surface area contributed by atoms with Crippen LogP contribution in [0, 0.1) is 11.6 Å². The number of nitrogens with two attached hydrogens (primary N) is 1. The van der Waals surface area contributed by atoms with Gasteiger partial charge in [-0.15, -0.1) is 0 Å². The predicted molar refractivity (Wildman–Crippen MR) is 99.4 cm³/mol. The summed E-state index contributed by atoms with van der Waals surface area (Å²) < 4.78 is 30.2. The lowest BCUT2D eigenvalue weighted by molar-refractivity contribution is 0.625. The van der Waals surface area contributed by atoms with Crippen molar-refractivity contribution < 1.29 is 8.78 Å². The molecule has 0 saturated heterocycles. The average Bonchev–Trinajstić information content (AvgIpc) is 2.97. The molecule has 2 N–H and O–H groups in total. The molecule has 2 aromatic carbocycles. The molecule has 0 amide bonds. The van der Waals surface area contributed by atoms with Crippen molar-refractivity contribution in [3.63, 3.8) is 0 Å². The SMILES string of the molecule is Nc1cccn(Cc2nc3cc(F)ccc3n2Cc2ccc(F)cc2)c1=O. The number of benzene rings is 2. The third kappa shape index (κ3) is 3.31. The van der Waals surface area contributed by atoms with Gasteiger partial charge in [-0.2, -0.15) is 0 Å². The smallest absolute Gasteiger partial charge is 0.274 e. The Labute approximate surface area is 153 Å². The van der Waals surface area contributed by atoms with Crippen LogP contribution in [-0.2, 0) is 13.1 Å². The zero-order valence-electron chi connectivity index (χ0n) is 14.3. The molecule has 0 unspecified atom stereocenters. The summed E-state index contributed by atoms with van der Waals surface area (Å²) in [7, 11) is 0. The number of halogens is 2. The molecule has 7 heteroatoms. The number of fused-ring (bicyclic) bond motifs is 1. The van der Waals surface area contributed by atoms with Crippen molar-refractivity contribution >= 4 is 16.7 Å². The summed E-state index contributed by atoms with van der Waals surface area (Å²) in [6.07, 6.45) is 1.63. The highest BCUT2D eigenvalue weighted by atomic mass is 19.1. The highest BCUT2D eigenvalue weighted by Gasteiger charge is 2.13. The maximum absolute atomic E-state index is 13.6. The normalized spacial score (nSPS) is 11.2. The van der Waals surface area contributed by atoms with Gasteiger partial charge in [0, 0.05) is 18.8 Å². The maximum atomic E-state index is 13.6. The molecule has 27 heavy (non-hydrogen) atoms. The lowest BCUT2D eigenvalue weighted by atomic mass is 10.2. The molecule has 0 bridgehead atoms. The second-order valence-electron chi connectivity index (χ2n) is 6.27. The van der Waals surface area contributed by atoms with Crippen LogP contribution in [0.2, 0.25) is 0 Å². The van der Waals surface area contributed by atoms with Gasteiger partial charge in [-0.25, -0.2) is 13.8 Å². The summed E-state index contributed by atoms with van der Waals surface area (Å²) in [5.74, 6) is -0.128. The number of imidazole rings is 1. The first-order chi connectivity index (χ1) is 13.0. The number of aromatic nitrogens is 3. The summed E-state index contributed by atoms with van der Waals surface area (Å²) in [6.45, 7) is 0.593. The van der Waals surface area contributed by atoms with Gasteiger partial charge in [0.2, 0.25) is 0 Å². The van der Waals surface area contributed by atoms with Crippen LogP contribution in [0.1, 0.15) is 11.4 Å². The number of pyridine rings is 1. The largest absolute Gasteiger partial charge is 0.394 e. The first-order valence-electron chi connectivity index (χ1n) is 8.35. The second-order valence-corrected chi connectivity index (χ2v) is 6.27. The molecule has 2 aromatic heterocycles. The van der Waals surface area contributed by atoms with Crippen molar-refractivity contribution in [3.05, 3.63) is 94.2 Å². The van der Waals surface area contributed by atoms with Crippen molar-refractivity contribution in [1.82, 2.24) is 14.1 Å². The van der Waals surface area contributed by atoms with Crippen LogP contribution in [0.15, 0.2) is 65.6 Å². The molecule has 0 aliphatic carbocycles. The average molecular weight is 366 g/mol. The molecule has 0 fully saturated rings. The van der Waals surface area contributed by atoms with E-state index in [0.29, 0.717) is 17.9 Å². The Kier molecular flexibility index (Phi) is 4.19. The van der Waals surface area contributed by atoms with E-state index in [1.54, 1.807) is 30.5 Å². The molecule has 0 aliphatic rings. The standard InChI is InChI=1S/C20H16F2N4O/c21-14-5-3-13(4-6-14)11-26-18-8-7-15(22)10-17(18)24-19(26)12-25-9-1-2-16(23)20(25)27/h1-10H,11-12,23H2. The highest BCUT2D eigenvalue weighted by Crippen LogP contribution is 2.20. The van der Waals surface area contributed by atoms with Crippen LogP contribution in [0.25, 0.3) is 11.0 Å². The van der Waals surface area contributed by atoms with Gasteiger partial charge in [0.1, 0.15) is 17.5 Å². The van der Waals surface area contributed by atoms with Crippen LogP contribution in [0.4, 0.5) is 14.5 Å². The summed E-state index contributed by atoms with van der Waals surface area (Å²) in [6, 6.07) is 13.7. The van der Waals surface area contributed by atoms with E-state index in [4.69, 9.17) is 5.73 Å². The Balaban J connectivity index is 1.82. The molecule has 0 radical (unpaired) electrons. The lowest BCUT2D eigenvalue weighted by Crippen LogP contribution is -2.24. The molecule has 5 nitrogen and oxygen atoms in total. The summed E-state index contributed by atoms with van der Waals surface area (Å²) in [5, 5.41) is 0. The zero-order valence-corrected chi connectivity index (χ0v) is 14.3. The number of hydrogen-bond donors (Lipinski definition) is 1. The van der Waals surface area contributed by atoms with E-state index in [9.17, 15) is 13.6 Å². The number of rotatable bonds is 4. The minimum absolute atomic E-state index is 0.143. The van der Waals surface area contributed by atoms with E-state index in [1.165, 1.54) is 34.9 Å². The van der Waals surface area contributed by atoms with E-state index >= 15 is 0 Å². The summed E-state index contributed by atoms with van der Waals surface area (Å²) in [4.78, 5) is 16.8. The Bertz CT molecular complexity index is 1180. The number of anilines is 1. The Morgan fingerprint density at radius 1 is 0.963 bits per heavy atom. The predicted octanol–water partition coefficient (Wildman–Crippen LogP) is 3.16. The highest BCUT2D eigenvalue weighted by molar-refractivity contribution is 5.76. The Hall–Kier alpha value is -3.48. The van der Waals surface area contributed by atoms with Gasteiger partial charge in [-0.3, -0.25) is 4.79 Å². The van der Waals surface area contributed by atoms with E-state index in [0.717, 1.165) is 11.1 Å². The number of nitrogen functional groups attached to an aromatic ring is 1. The van der Waals surface area contributed by atoms with E-state index < -0.39 is 0 Å². The van der Waals surface area contributed by atoms with Gasteiger partial charge in [0.25, 0.3) is 5.56 Å². The Morgan fingerprint density at radius 2 is 1.70 bits per heavy atom. The molecule has 0 atom stereocenters. The van der Waals surface area contributed by atoms with E-state index in [-0.39, 0.29) is 29.4 Å². The fourth-order valence-electron chi connectivity index (χ4n) is 3.05. The molecule has 0 aliphatic heterocycles. The number of hydrogen-bond acceptors (Lipinski definition) is 3. The van der Waals surface area contributed by atoms with Crippen molar-refractivity contribution in [2.45, 2.75) is 13.1 Å². The molecule has 0 spiro atoms. The van der Waals surface area contributed by atoms with Crippen molar-refractivity contribution in [2.24, 2.45) is 0 Å². The Morgan fingerprint density at radius 3 is 2.48 bits per heavy atom. The van der Waals surface area contributed by atoms with Gasteiger partial charge in [-0.1, -0.05) is 12.1 Å². The first-order valence-corrected chi connectivity index (χ1v) is 8.35. The van der Waals surface area contributed by atoms with Crippen LogP contribution in [-0.4, -0.2) is 14.1 Å². The molecule has 2 heterocycles. The topological polar surface area (TPSA) is 65.8 Å². The van der Waals surface area contributed by atoms with Gasteiger partial charge in [0.05, 0.1) is 23.3 Å². The van der Waals surface area contributed by atoms with Gasteiger partial charge in [0.15, 0.2) is 0 Å². The molecule has 0 saturated carbocycles. The van der Waals surface area contributed by atoms with E-state index in [1.807, 2.05) is 4.57 Å². The maximum Gasteiger partial charge on any atom is 0.274 e. The lowest BCUT2D eigenvalue weighted by Gasteiger charge is -2.11. The van der Waals surface area contributed by atoms with E-state index in [2.05, 4.69) is 4.98 Å². The van der Waals surface area contributed by atoms with Gasteiger partial charge in [-0.05, 0) is 42.0 Å². The van der Waals surface area contributed by atoms with Crippen LogP contribution in [0.3, 0.4) is 0 Å². The van der Waals surface area contributed by atoms with Crippen LogP contribution < -0.4 is 11.3 Å². The van der Waals surface area contributed by atoms with Crippen molar-refractivity contribution in [3.8, 4) is 0 Å². The molecule has 136 valence electrons. The third-order valence-corrected chi connectivity index (χ3v) is 4.40. The first kappa shape index (κ1) is 17.0. The third-order valence-electron chi connectivity index (χ3n) is 4.40. The summed E-state index contributed by atoms with van der Waals surface area (Å²) in [5.41, 5.74) is 7.61. The molecule has 4 aromatic rings. The van der Waals surface area contributed by atoms with Crippen molar-refractivity contribution in [1.29, 1.82) is 0 Å². The van der Waals surface area contributed by atoms with Crippen molar-refractivity contribution in [2.75, 3.05) is 5.73 Å². The summed E-state index contributed by atoms with van der Waals surface area (Å²) >= 11 is 0. The zero-order chi connectivity index (χ0) is 19.0. The van der Waals surface area contributed by atoms with Crippen LogP contribution >= 0.6 is 0 Å². The monoisotopic (exact) mass is 366 g/mol. The quantitative estimate of drug-likeness (QED) is 0.603. The number of nitrogens with zero attached hydrogens (tertiary/aromatic N) is 3. The fourth-order valence-corrected chi connectivity index (χ4v) is 3.05.